The summed E-state index contributed by atoms with van der Waals surface area (Å²) in [7, 11) is 4.77. The number of hydrogen-bond acceptors (Lipinski definition) is 4. The maximum atomic E-state index is 11.6. The molecule has 0 saturated heterocycles. The third kappa shape index (κ3) is 2.99. The quantitative estimate of drug-likeness (QED) is 0.788. The van der Waals surface area contributed by atoms with Gasteiger partial charge < -0.3 is 14.2 Å². The van der Waals surface area contributed by atoms with Gasteiger partial charge in [0.25, 0.3) is 0 Å². The van der Waals surface area contributed by atoms with E-state index >= 15 is 0 Å². The monoisotopic (exact) mass is 286 g/mol. The molecule has 0 heterocycles. The van der Waals surface area contributed by atoms with Crippen molar-refractivity contribution in [3.05, 3.63) is 42.0 Å². The SMILES string of the molecule is COc1cc(OC)c(-c2cccc(C(C)=O)c2)c(OC)c1. The topological polar surface area (TPSA) is 44.8 Å². The fourth-order valence-corrected chi connectivity index (χ4v) is 2.18. The lowest BCUT2D eigenvalue weighted by Crippen LogP contribution is -1.97. The molecule has 4 heteroatoms. The summed E-state index contributed by atoms with van der Waals surface area (Å²) in [5.74, 6) is 1.93. The van der Waals surface area contributed by atoms with Crippen LogP contribution < -0.4 is 14.2 Å². The Morgan fingerprint density at radius 1 is 0.905 bits per heavy atom. The van der Waals surface area contributed by atoms with Gasteiger partial charge in [-0.25, -0.2) is 0 Å². The number of ketones is 1. The summed E-state index contributed by atoms with van der Waals surface area (Å²) in [5.41, 5.74) is 2.30. The van der Waals surface area contributed by atoms with E-state index in [0.29, 0.717) is 22.8 Å². The number of carbonyl (C=O) groups is 1. The number of ether oxygens (including phenoxy) is 3. The van der Waals surface area contributed by atoms with Crippen LogP contribution in [0.3, 0.4) is 0 Å². The molecule has 4 nitrogen and oxygen atoms in total. The zero-order valence-electron chi connectivity index (χ0n) is 12.6. The molecule has 2 aromatic carbocycles. The van der Waals surface area contributed by atoms with E-state index in [1.807, 2.05) is 18.2 Å². The van der Waals surface area contributed by atoms with Crippen LogP contribution in [0.25, 0.3) is 11.1 Å². The second kappa shape index (κ2) is 6.31. The van der Waals surface area contributed by atoms with Crippen LogP contribution in [0, 0.1) is 0 Å². The van der Waals surface area contributed by atoms with Gasteiger partial charge >= 0.3 is 0 Å². The van der Waals surface area contributed by atoms with Gasteiger partial charge in [0.1, 0.15) is 17.2 Å². The van der Waals surface area contributed by atoms with Crippen LogP contribution in [0.4, 0.5) is 0 Å². The van der Waals surface area contributed by atoms with E-state index < -0.39 is 0 Å². The number of rotatable bonds is 5. The van der Waals surface area contributed by atoms with E-state index in [9.17, 15) is 4.79 Å². The average molecular weight is 286 g/mol. The molecule has 0 aliphatic rings. The number of benzene rings is 2. The molecule has 0 N–H and O–H groups in total. The van der Waals surface area contributed by atoms with Gasteiger partial charge in [-0.2, -0.15) is 0 Å². The van der Waals surface area contributed by atoms with Gasteiger partial charge in [-0.3, -0.25) is 4.79 Å². The van der Waals surface area contributed by atoms with Gasteiger partial charge in [0, 0.05) is 17.7 Å². The number of methoxy groups -OCH3 is 3. The lowest BCUT2D eigenvalue weighted by Gasteiger charge is -2.15. The van der Waals surface area contributed by atoms with Gasteiger partial charge in [-0.15, -0.1) is 0 Å². The molecule has 0 atom stereocenters. The first-order chi connectivity index (χ1) is 10.1. The minimum absolute atomic E-state index is 0.0169. The molecular weight excluding hydrogens is 268 g/mol. The van der Waals surface area contributed by atoms with Crippen molar-refractivity contribution in [3.8, 4) is 28.4 Å². The van der Waals surface area contributed by atoms with Gasteiger partial charge in [0.05, 0.1) is 26.9 Å². The molecule has 2 rings (SSSR count). The van der Waals surface area contributed by atoms with Crippen molar-refractivity contribution in [1.82, 2.24) is 0 Å². The Morgan fingerprint density at radius 2 is 1.52 bits per heavy atom. The van der Waals surface area contributed by atoms with Crippen molar-refractivity contribution in [2.75, 3.05) is 21.3 Å². The van der Waals surface area contributed by atoms with Crippen LogP contribution in [0.5, 0.6) is 17.2 Å². The van der Waals surface area contributed by atoms with E-state index in [0.717, 1.165) is 11.1 Å². The Morgan fingerprint density at radius 3 is 2.00 bits per heavy atom. The molecule has 0 amide bonds. The smallest absolute Gasteiger partial charge is 0.159 e. The lowest BCUT2D eigenvalue weighted by atomic mass is 9.99. The Labute approximate surface area is 124 Å². The van der Waals surface area contributed by atoms with Crippen LogP contribution in [0.1, 0.15) is 17.3 Å². The number of Topliss-reactive ketones (excluding diaryl/α,β-unsaturated/α-hetero) is 1. The highest BCUT2D eigenvalue weighted by Gasteiger charge is 2.16. The van der Waals surface area contributed by atoms with E-state index in [2.05, 4.69) is 0 Å². The molecular formula is C17H18O4. The van der Waals surface area contributed by atoms with Crippen molar-refractivity contribution in [2.24, 2.45) is 0 Å². The Hall–Kier alpha value is -2.49. The molecule has 110 valence electrons. The maximum absolute atomic E-state index is 11.6. The fourth-order valence-electron chi connectivity index (χ4n) is 2.18. The average Bonchev–Trinajstić information content (AvgIpc) is 2.53. The van der Waals surface area contributed by atoms with Crippen LogP contribution in [0.15, 0.2) is 36.4 Å². The van der Waals surface area contributed by atoms with Crippen LogP contribution in [0.2, 0.25) is 0 Å². The molecule has 0 spiro atoms. The van der Waals surface area contributed by atoms with Crippen LogP contribution in [-0.4, -0.2) is 27.1 Å². The minimum atomic E-state index is 0.0169. The zero-order valence-corrected chi connectivity index (χ0v) is 12.6. The Kier molecular flexibility index (Phi) is 4.48. The Bertz CT molecular complexity index is 637. The van der Waals surface area contributed by atoms with E-state index in [1.54, 1.807) is 46.5 Å². The number of carbonyl (C=O) groups excluding carboxylic acids is 1. The van der Waals surface area contributed by atoms with Crippen molar-refractivity contribution in [2.45, 2.75) is 6.92 Å². The first-order valence-corrected chi connectivity index (χ1v) is 6.52. The van der Waals surface area contributed by atoms with Gasteiger partial charge in [0.2, 0.25) is 0 Å². The summed E-state index contributed by atoms with van der Waals surface area (Å²) in [6.45, 7) is 1.54. The zero-order chi connectivity index (χ0) is 15.4. The van der Waals surface area contributed by atoms with Crippen molar-refractivity contribution < 1.29 is 19.0 Å². The highest BCUT2D eigenvalue weighted by atomic mass is 16.5. The lowest BCUT2D eigenvalue weighted by molar-refractivity contribution is 0.101. The van der Waals surface area contributed by atoms with Crippen molar-refractivity contribution >= 4 is 5.78 Å². The third-order valence-electron chi connectivity index (χ3n) is 3.27. The summed E-state index contributed by atoms with van der Waals surface area (Å²) in [6.07, 6.45) is 0. The van der Waals surface area contributed by atoms with Crippen molar-refractivity contribution in [3.63, 3.8) is 0 Å². The fraction of sp³-hybridized carbons (Fsp3) is 0.235. The molecule has 0 bridgehead atoms. The third-order valence-corrected chi connectivity index (χ3v) is 3.27. The van der Waals surface area contributed by atoms with Gasteiger partial charge in [-0.1, -0.05) is 18.2 Å². The summed E-state index contributed by atoms with van der Waals surface area (Å²) >= 11 is 0. The van der Waals surface area contributed by atoms with E-state index in [-0.39, 0.29) is 5.78 Å². The standard InChI is InChI=1S/C17H18O4/c1-11(18)12-6-5-7-13(8-12)17-15(20-3)9-14(19-2)10-16(17)21-4/h5-10H,1-4H3. The van der Waals surface area contributed by atoms with Gasteiger partial charge in [-0.05, 0) is 18.6 Å². The summed E-state index contributed by atoms with van der Waals surface area (Å²) in [4.78, 5) is 11.6. The molecule has 0 aliphatic heterocycles. The minimum Gasteiger partial charge on any atom is -0.496 e. The molecule has 0 radical (unpaired) electrons. The molecule has 0 saturated carbocycles. The van der Waals surface area contributed by atoms with Crippen molar-refractivity contribution in [1.29, 1.82) is 0 Å². The van der Waals surface area contributed by atoms with Crippen LogP contribution >= 0.6 is 0 Å². The molecule has 2 aromatic rings. The first kappa shape index (κ1) is 14.9. The molecule has 0 unspecified atom stereocenters. The van der Waals surface area contributed by atoms with Gasteiger partial charge in [0.15, 0.2) is 5.78 Å². The van der Waals surface area contributed by atoms with E-state index in [1.165, 1.54) is 0 Å². The molecule has 0 fully saturated rings. The predicted molar refractivity (Wildman–Crippen MR) is 81.5 cm³/mol. The number of hydrogen-bond donors (Lipinski definition) is 0. The molecule has 21 heavy (non-hydrogen) atoms. The second-order valence-electron chi connectivity index (χ2n) is 4.54. The highest BCUT2D eigenvalue weighted by molar-refractivity contribution is 5.95. The highest BCUT2D eigenvalue weighted by Crippen LogP contribution is 2.41. The van der Waals surface area contributed by atoms with E-state index in [4.69, 9.17) is 14.2 Å². The summed E-state index contributed by atoms with van der Waals surface area (Å²) in [5, 5.41) is 0. The normalized spacial score (nSPS) is 10.1. The summed E-state index contributed by atoms with van der Waals surface area (Å²) < 4.78 is 16.1. The summed E-state index contributed by atoms with van der Waals surface area (Å²) in [6, 6.07) is 11.0. The predicted octanol–water partition coefficient (Wildman–Crippen LogP) is 3.58. The first-order valence-electron chi connectivity index (χ1n) is 6.52. The van der Waals surface area contributed by atoms with Crippen LogP contribution in [-0.2, 0) is 0 Å². The Balaban J connectivity index is 2.67. The largest absolute Gasteiger partial charge is 0.496 e. The maximum Gasteiger partial charge on any atom is 0.159 e. The molecule has 0 aromatic heterocycles. The second-order valence-corrected chi connectivity index (χ2v) is 4.54. The molecule has 0 aliphatic carbocycles.